The van der Waals surface area contributed by atoms with Crippen LogP contribution in [0.1, 0.15) is 12.5 Å². The van der Waals surface area contributed by atoms with Gasteiger partial charge in [-0.2, -0.15) is 0 Å². The van der Waals surface area contributed by atoms with E-state index in [1.807, 2.05) is 19.1 Å². The maximum Gasteiger partial charge on any atom is 0.279 e. The fourth-order valence-corrected chi connectivity index (χ4v) is 2.88. The van der Waals surface area contributed by atoms with E-state index < -0.39 is 5.82 Å². The van der Waals surface area contributed by atoms with Crippen molar-refractivity contribution in [2.45, 2.75) is 13.5 Å². The molecule has 0 saturated heterocycles. The van der Waals surface area contributed by atoms with Crippen molar-refractivity contribution >= 4 is 45.0 Å². The largest absolute Gasteiger partial charge is 0.347 e. The SMILES string of the molecule is CC[NH+](CC(=O)NCc1ccc(Cl)cc1)CC(=O)Nc1ccc(Br)cc1F. The summed E-state index contributed by atoms with van der Waals surface area (Å²) in [4.78, 5) is 25.1. The molecular formula is C19H21BrClFN3O2+. The van der Waals surface area contributed by atoms with Crippen molar-refractivity contribution in [2.75, 3.05) is 25.0 Å². The number of carbonyl (C=O) groups is 2. The van der Waals surface area contributed by atoms with Crippen molar-refractivity contribution in [3.63, 3.8) is 0 Å². The molecule has 5 nitrogen and oxygen atoms in total. The molecular weight excluding hydrogens is 437 g/mol. The number of amides is 2. The average molecular weight is 458 g/mol. The van der Waals surface area contributed by atoms with Crippen LogP contribution in [-0.2, 0) is 16.1 Å². The Balaban J connectivity index is 1.82. The second kappa shape index (κ2) is 10.4. The molecule has 8 heteroatoms. The standard InChI is InChI=1S/C19H20BrClFN3O2/c1-2-25(11-18(26)23-10-13-3-6-15(21)7-4-13)12-19(27)24-17-8-5-14(20)9-16(17)22/h3-9H,2,10-12H2,1H3,(H,23,26)(H,24,27)/p+1. The second-order valence-corrected chi connectivity index (χ2v) is 7.38. The first-order valence-electron chi connectivity index (χ1n) is 8.47. The second-order valence-electron chi connectivity index (χ2n) is 6.03. The summed E-state index contributed by atoms with van der Waals surface area (Å²) in [5, 5.41) is 6.00. The van der Waals surface area contributed by atoms with Gasteiger partial charge in [0.25, 0.3) is 11.8 Å². The molecule has 27 heavy (non-hydrogen) atoms. The topological polar surface area (TPSA) is 62.6 Å². The molecule has 0 radical (unpaired) electrons. The number of benzene rings is 2. The Morgan fingerprint density at radius 2 is 1.78 bits per heavy atom. The summed E-state index contributed by atoms with van der Waals surface area (Å²) in [5.74, 6) is -1.03. The van der Waals surface area contributed by atoms with Crippen molar-refractivity contribution in [1.29, 1.82) is 0 Å². The predicted molar refractivity (Wildman–Crippen MR) is 107 cm³/mol. The van der Waals surface area contributed by atoms with Crippen molar-refractivity contribution in [2.24, 2.45) is 0 Å². The quantitative estimate of drug-likeness (QED) is 0.570. The van der Waals surface area contributed by atoms with Crippen LogP contribution in [0.15, 0.2) is 46.9 Å². The molecule has 3 N–H and O–H groups in total. The Hall–Kier alpha value is -1.96. The van der Waals surface area contributed by atoms with Crippen LogP contribution in [0, 0.1) is 5.82 Å². The summed E-state index contributed by atoms with van der Waals surface area (Å²) in [6.45, 7) is 3.09. The molecule has 0 aliphatic carbocycles. The van der Waals surface area contributed by atoms with Crippen LogP contribution < -0.4 is 15.5 Å². The van der Waals surface area contributed by atoms with Gasteiger partial charge in [-0.25, -0.2) is 4.39 Å². The number of carbonyl (C=O) groups excluding carboxylic acids is 2. The number of nitrogens with one attached hydrogen (secondary N) is 3. The van der Waals surface area contributed by atoms with E-state index in [0.29, 0.717) is 22.6 Å². The summed E-state index contributed by atoms with van der Waals surface area (Å²) in [6.07, 6.45) is 0. The van der Waals surface area contributed by atoms with Crippen LogP contribution in [0.4, 0.5) is 10.1 Å². The summed E-state index contributed by atoms with van der Waals surface area (Å²) in [7, 11) is 0. The lowest BCUT2D eigenvalue weighted by molar-refractivity contribution is -0.881. The molecule has 0 aliphatic heterocycles. The monoisotopic (exact) mass is 456 g/mol. The van der Waals surface area contributed by atoms with Crippen LogP contribution in [-0.4, -0.2) is 31.4 Å². The highest BCUT2D eigenvalue weighted by Gasteiger charge is 2.17. The van der Waals surface area contributed by atoms with E-state index in [-0.39, 0.29) is 30.6 Å². The van der Waals surface area contributed by atoms with E-state index in [4.69, 9.17) is 11.6 Å². The molecule has 144 valence electrons. The first kappa shape index (κ1) is 21.3. The molecule has 0 aliphatic rings. The molecule has 1 atom stereocenters. The number of rotatable bonds is 8. The summed E-state index contributed by atoms with van der Waals surface area (Å²) < 4.78 is 14.4. The zero-order valence-electron chi connectivity index (χ0n) is 14.8. The van der Waals surface area contributed by atoms with E-state index in [1.54, 1.807) is 18.2 Å². The van der Waals surface area contributed by atoms with Gasteiger partial charge in [0.2, 0.25) is 0 Å². The lowest BCUT2D eigenvalue weighted by atomic mass is 10.2. The van der Waals surface area contributed by atoms with Crippen molar-refractivity contribution in [3.8, 4) is 0 Å². The van der Waals surface area contributed by atoms with Gasteiger partial charge in [-0.3, -0.25) is 9.59 Å². The fourth-order valence-electron chi connectivity index (χ4n) is 2.42. The molecule has 2 rings (SSSR count). The van der Waals surface area contributed by atoms with Crippen LogP contribution in [0.3, 0.4) is 0 Å². The Labute approximate surface area is 171 Å². The van der Waals surface area contributed by atoms with E-state index in [9.17, 15) is 14.0 Å². The van der Waals surface area contributed by atoms with E-state index in [1.165, 1.54) is 12.1 Å². The fraction of sp³-hybridized carbons (Fsp3) is 0.263. The Morgan fingerprint density at radius 1 is 1.11 bits per heavy atom. The van der Waals surface area contributed by atoms with Crippen LogP contribution in [0.2, 0.25) is 5.02 Å². The minimum absolute atomic E-state index is 0.0698. The number of halogens is 3. The normalized spacial score (nSPS) is 11.7. The molecule has 0 aromatic heterocycles. The van der Waals surface area contributed by atoms with Crippen LogP contribution in [0.5, 0.6) is 0 Å². The predicted octanol–water partition coefficient (Wildman–Crippen LogP) is 2.40. The molecule has 0 spiro atoms. The van der Waals surface area contributed by atoms with Gasteiger partial charge in [-0.05, 0) is 42.8 Å². The first-order valence-corrected chi connectivity index (χ1v) is 9.64. The molecule has 2 aromatic carbocycles. The molecule has 2 aromatic rings. The van der Waals surface area contributed by atoms with Crippen molar-refractivity contribution in [3.05, 3.63) is 63.3 Å². The van der Waals surface area contributed by atoms with Crippen molar-refractivity contribution < 1.29 is 18.9 Å². The third-order valence-electron chi connectivity index (χ3n) is 3.93. The highest BCUT2D eigenvalue weighted by molar-refractivity contribution is 9.10. The minimum Gasteiger partial charge on any atom is -0.347 e. The molecule has 0 fully saturated rings. The zero-order valence-corrected chi connectivity index (χ0v) is 17.2. The summed E-state index contributed by atoms with van der Waals surface area (Å²) in [6, 6.07) is 11.6. The van der Waals surface area contributed by atoms with Gasteiger partial charge in [-0.15, -0.1) is 0 Å². The third-order valence-corrected chi connectivity index (χ3v) is 4.67. The van der Waals surface area contributed by atoms with Crippen LogP contribution >= 0.6 is 27.5 Å². The maximum atomic E-state index is 13.8. The number of likely N-dealkylation sites (N-methyl/N-ethyl adjacent to an activating group) is 1. The third kappa shape index (κ3) is 7.28. The highest BCUT2D eigenvalue weighted by Crippen LogP contribution is 2.19. The van der Waals surface area contributed by atoms with Gasteiger partial charge in [-0.1, -0.05) is 39.7 Å². The van der Waals surface area contributed by atoms with E-state index in [0.717, 1.165) is 10.5 Å². The molecule has 2 amide bonds. The minimum atomic E-state index is -0.517. The smallest absolute Gasteiger partial charge is 0.279 e. The highest BCUT2D eigenvalue weighted by atomic mass is 79.9. The molecule has 0 heterocycles. The lowest BCUT2D eigenvalue weighted by Gasteiger charge is -2.17. The molecule has 0 bridgehead atoms. The van der Waals surface area contributed by atoms with Gasteiger partial charge in [0.15, 0.2) is 13.1 Å². The van der Waals surface area contributed by atoms with Crippen LogP contribution in [0.25, 0.3) is 0 Å². The van der Waals surface area contributed by atoms with Gasteiger partial charge < -0.3 is 15.5 Å². The van der Waals surface area contributed by atoms with E-state index in [2.05, 4.69) is 26.6 Å². The Morgan fingerprint density at radius 3 is 2.41 bits per heavy atom. The Bertz CT molecular complexity index is 802. The zero-order chi connectivity index (χ0) is 19.8. The molecule has 0 saturated carbocycles. The Kier molecular flexibility index (Phi) is 8.22. The number of quaternary nitrogens is 1. The number of hydrogen-bond acceptors (Lipinski definition) is 2. The van der Waals surface area contributed by atoms with Gasteiger partial charge in [0.1, 0.15) is 5.82 Å². The maximum absolute atomic E-state index is 13.8. The van der Waals surface area contributed by atoms with Gasteiger partial charge in [0.05, 0.1) is 12.2 Å². The number of anilines is 1. The molecule has 1 unspecified atom stereocenters. The van der Waals surface area contributed by atoms with Crippen molar-refractivity contribution in [1.82, 2.24) is 5.32 Å². The van der Waals surface area contributed by atoms with Gasteiger partial charge in [0, 0.05) is 16.0 Å². The van der Waals surface area contributed by atoms with Gasteiger partial charge >= 0.3 is 0 Å². The first-order chi connectivity index (χ1) is 12.9. The number of hydrogen-bond donors (Lipinski definition) is 3. The lowest BCUT2D eigenvalue weighted by Crippen LogP contribution is -3.14. The summed E-state index contributed by atoms with van der Waals surface area (Å²) >= 11 is 9.00. The summed E-state index contributed by atoms with van der Waals surface area (Å²) in [5.41, 5.74) is 1.06. The van der Waals surface area contributed by atoms with E-state index >= 15 is 0 Å². The average Bonchev–Trinajstić information content (AvgIpc) is 2.63.